The molecule has 0 amide bonds. The largest absolute Gasteiger partial charge is 0.465 e. The maximum Gasteiger partial charge on any atom is 0.338 e. The van der Waals surface area contributed by atoms with E-state index < -0.39 is 0 Å². The molecule has 5 heteroatoms. The van der Waals surface area contributed by atoms with Gasteiger partial charge in [-0.15, -0.1) is 0 Å². The minimum Gasteiger partial charge on any atom is -0.465 e. The molecule has 0 radical (unpaired) electrons. The Labute approximate surface area is 120 Å². The highest BCUT2D eigenvalue weighted by Crippen LogP contribution is 2.21. The van der Waals surface area contributed by atoms with Crippen LogP contribution in [0.1, 0.15) is 30.1 Å². The van der Waals surface area contributed by atoms with Crippen LogP contribution in [0.5, 0.6) is 0 Å². The number of carbonyl (C=O) groups is 1. The Kier molecular flexibility index (Phi) is 4.95. The zero-order chi connectivity index (χ0) is 14.5. The zero-order valence-electron chi connectivity index (χ0n) is 12.5. The summed E-state index contributed by atoms with van der Waals surface area (Å²) < 4.78 is 4.75. The first-order chi connectivity index (χ1) is 9.65. The average Bonchev–Trinajstić information content (AvgIpc) is 2.53. The predicted molar refractivity (Wildman–Crippen MR) is 79.1 cm³/mol. The lowest BCUT2D eigenvalue weighted by atomic mass is 10.0. The van der Waals surface area contributed by atoms with Crippen molar-refractivity contribution >= 4 is 11.8 Å². The first-order valence-electron chi connectivity index (χ1n) is 7.15. The smallest absolute Gasteiger partial charge is 0.338 e. The van der Waals surface area contributed by atoms with E-state index in [1.165, 1.54) is 7.11 Å². The highest BCUT2D eigenvalue weighted by Gasteiger charge is 2.22. The SMILES string of the molecule is CCN1CCC(N(C)c2cc(C(=O)OC)ccn2)CC1. The van der Waals surface area contributed by atoms with E-state index in [1.54, 1.807) is 18.3 Å². The Morgan fingerprint density at radius 3 is 2.80 bits per heavy atom. The van der Waals surface area contributed by atoms with E-state index in [1.807, 2.05) is 0 Å². The second kappa shape index (κ2) is 6.70. The van der Waals surface area contributed by atoms with Crippen LogP contribution in [0.25, 0.3) is 0 Å². The van der Waals surface area contributed by atoms with Gasteiger partial charge in [-0.25, -0.2) is 9.78 Å². The molecule has 1 fully saturated rings. The van der Waals surface area contributed by atoms with Crippen molar-refractivity contribution in [1.29, 1.82) is 0 Å². The molecular weight excluding hydrogens is 254 g/mol. The van der Waals surface area contributed by atoms with Gasteiger partial charge in [-0.3, -0.25) is 0 Å². The molecule has 2 heterocycles. The molecule has 2 rings (SSSR count). The van der Waals surface area contributed by atoms with Crippen molar-refractivity contribution in [1.82, 2.24) is 9.88 Å². The molecule has 0 atom stereocenters. The third-order valence-electron chi connectivity index (χ3n) is 4.08. The number of ether oxygens (including phenoxy) is 1. The zero-order valence-corrected chi connectivity index (χ0v) is 12.5. The Hall–Kier alpha value is -1.62. The summed E-state index contributed by atoms with van der Waals surface area (Å²) in [6.45, 7) is 5.57. The lowest BCUT2D eigenvalue weighted by molar-refractivity contribution is 0.0600. The maximum atomic E-state index is 11.6. The van der Waals surface area contributed by atoms with E-state index in [9.17, 15) is 4.79 Å². The molecule has 20 heavy (non-hydrogen) atoms. The molecule has 1 aliphatic rings. The number of esters is 1. The van der Waals surface area contributed by atoms with E-state index in [0.717, 1.165) is 38.3 Å². The van der Waals surface area contributed by atoms with Crippen molar-refractivity contribution in [3.05, 3.63) is 23.9 Å². The summed E-state index contributed by atoms with van der Waals surface area (Å²) >= 11 is 0. The molecule has 0 saturated carbocycles. The second-order valence-electron chi connectivity index (χ2n) is 5.17. The number of hydrogen-bond donors (Lipinski definition) is 0. The molecule has 1 aromatic heterocycles. The standard InChI is InChI=1S/C15H23N3O2/c1-4-18-9-6-13(7-10-18)17(2)14-11-12(5-8-16-14)15(19)20-3/h5,8,11,13H,4,6-7,9-10H2,1-3H3. The molecule has 0 aromatic carbocycles. The van der Waals surface area contributed by atoms with Crippen LogP contribution in [0, 0.1) is 0 Å². The molecule has 0 bridgehead atoms. The van der Waals surface area contributed by atoms with Gasteiger partial charge in [-0.1, -0.05) is 6.92 Å². The average molecular weight is 277 g/mol. The molecule has 0 spiro atoms. The van der Waals surface area contributed by atoms with Crippen molar-refractivity contribution in [2.75, 3.05) is 38.7 Å². The number of methoxy groups -OCH3 is 1. The molecule has 1 aromatic rings. The van der Waals surface area contributed by atoms with Gasteiger partial charge >= 0.3 is 5.97 Å². The molecule has 0 unspecified atom stereocenters. The minimum absolute atomic E-state index is 0.317. The minimum atomic E-state index is -0.317. The van der Waals surface area contributed by atoms with Gasteiger partial charge in [0.25, 0.3) is 0 Å². The Morgan fingerprint density at radius 2 is 2.20 bits per heavy atom. The lowest BCUT2D eigenvalue weighted by Gasteiger charge is -2.36. The van der Waals surface area contributed by atoms with E-state index in [-0.39, 0.29) is 5.97 Å². The lowest BCUT2D eigenvalue weighted by Crippen LogP contribution is -2.43. The quantitative estimate of drug-likeness (QED) is 0.785. The van der Waals surface area contributed by atoms with Crippen molar-refractivity contribution in [2.24, 2.45) is 0 Å². The second-order valence-corrected chi connectivity index (χ2v) is 5.17. The summed E-state index contributed by atoms with van der Waals surface area (Å²) in [5, 5.41) is 0. The fraction of sp³-hybridized carbons (Fsp3) is 0.600. The van der Waals surface area contributed by atoms with Crippen LogP contribution in [0.15, 0.2) is 18.3 Å². The van der Waals surface area contributed by atoms with Crippen LogP contribution in [-0.2, 0) is 4.74 Å². The number of piperidine rings is 1. The van der Waals surface area contributed by atoms with Crippen molar-refractivity contribution in [2.45, 2.75) is 25.8 Å². The number of nitrogens with zero attached hydrogens (tertiary/aromatic N) is 3. The van der Waals surface area contributed by atoms with Gasteiger partial charge in [0.05, 0.1) is 12.7 Å². The number of likely N-dealkylation sites (tertiary alicyclic amines) is 1. The van der Waals surface area contributed by atoms with Gasteiger partial charge in [0.1, 0.15) is 5.82 Å². The van der Waals surface area contributed by atoms with Crippen molar-refractivity contribution < 1.29 is 9.53 Å². The Bertz CT molecular complexity index is 456. The van der Waals surface area contributed by atoms with Crippen LogP contribution in [0.2, 0.25) is 0 Å². The summed E-state index contributed by atoms with van der Waals surface area (Å²) in [4.78, 5) is 20.6. The number of anilines is 1. The number of hydrogen-bond acceptors (Lipinski definition) is 5. The fourth-order valence-corrected chi connectivity index (χ4v) is 2.67. The van der Waals surface area contributed by atoms with Crippen LogP contribution in [0.3, 0.4) is 0 Å². The normalized spacial score (nSPS) is 16.9. The first kappa shape index (κ1) is 14.8. The number of rotatable bonds is 4. The van der Waals surface area contributed by atoms with Gasteiger partial charge in [0, 0.05) is 32.4 Å². The third-order valence-corrected chi connectivity index (χ3v) is 4.08. The van der Waals surface area contributed by atoms with Crippen LogP contribution >= 0.6 is 0 Å². The molecule has 0 N–H and O–H groups in total. The molecule has 1 saturated heterocycles. The fourth-order valence-electron chi connectivity index (χ4n) is 2.67. The van der Waals surface area contributed by atoms with E-state index >= 15 is 0 Å². The summed E-state index contributed by atoms with van der Waals surface area (Å²) in [5.74, 6) is 0.519. The van der Waals surface area contributed by atoms with E-state index in [4.69, 9.17) is 4.74 Å². The van der Waals surface area contributed by atoms with Gasteiger partial charge in [0.2, 0.25) is 0 Å². The highest BCUT2D eigenvalue weighted by atomic mass is 16.5. The van der Waals surface area contributed by atoms with Crippen molar-refractivity contribution in [3.63, 3.8) is 0 Å². The van der Waals surface area contributed by atoms with Gasteiger partial charge in [-0.05, 0) is 31.5 Å². The molecule has 110 valence electrons. The summed E-state index contributed by atoms with van der Waals surface area (Å²) in [7, 11) is 3.45. The monoisotopic (exact) mass is 277 g/mol. The Morgan fingerprint density at radius 1 is 1.50 bits per heavy atom. The van der Waals surface area contributed by atoms with Gasteiger partial charge < -0.3 is 14.5 Å². The number of pyridine rings is 1. The predicted octanol–water partition coefficient (Wildman–Crippen LogP) is 1.79. The van der Waals surface area contributed by atoms with Crippen molar-refractivity contribution in [3.8, 4) is 0 Å². The highest BCUT2D eigenvalue weighted by molar-refractivity contribution is 5.90. The summed E-state index contributed by atoms with van der Waals surface area (Å²) in [6.07, 6.45) is 3.93. The molecular formula is C15H23N3O2. The number of aromatic nitrogens is 1. The van der Waals surface area contributed by atoms with Crippen LogP contribution < -0.4 is 4.90 Å². The van der Waals surface area contributed by atoms with Gasteiger partial charge in [-0.2, -0.15) is 0 Å². The van der Waals surface area contributed by atoms with Crippen LogP contribution in [-0.4, -0.2) is 55.7 Å². The third kappa shape index (κ3) is 3.28. The molecule has 1 aliphatic heterocycles. The summed E-state index contributed by atoms with van der Waals surface area (Å²) in [5.41, 5.74) is 0.551. The van der Waals surface area contributed by atoms with Gasteiger partial charge in [0.15, 0.2) is 0 Å². The first-order valence-corrected chi connectivity index (χ1v) is 7.15. The van der Waals surface area contributed by atoms with E-state index in [0.29, 0.717) is 11.6 Å². The van der Waals surface area contributed by atoms with Crippen LogP contribution in [0.4, 0.5) is 5.82 Å². The van der Waals surface area contributed by atoms with E-state index in [2.05, 4.69) is 28.8 Å². The molecule has 5 nitrogen and oxygen atoms in total. The topological polar surface area (TPSA) is 45.7 Å². The number of carbonyl (C=O) groups excluding carboxylic acids is 1. The Balaban J connectivity index is 2.05. The maximum absolute atomic E-state index is 11.6. The summed E-state index contributed by atoms with van der Waals surface area (Å²) in [6, 6.07) is 3.97. The molecule has 0 aliphatic carbocycles.